The van der Waals surface area contributed by atoms with Crippen molar-refractivity contribution in [3.05, 3.63) is 23.2 Å². The second-order valence-electron chi connectivity index (χ2n) is 6.36. The summed E-state index contributed by atoms with van der Waals surface area (Å²) in [4.78, 5) is 25.6. The molecule has 2 unspecified atom stereocenters. The fourth-order valence-electron chi connectivity index (χ4n) is 4.02. The second-order valence-corrected chi connectivity index (χ2v) is 6.36. The monoisotopic (exact) mass is 291 g/mol. The van der Waals surface area contributed by atoms with Gasteiger partial charge >= 0.3 is 5.97 Å². The lowest BCUT2D eigenvalue weighted by atomic mass is 9.88. The van der Waals surface area contributed by atoms with Crippen molar-refractivity contribution in [1.82, 2.24) is 4.90 Å². The predicted molar refractivity (Wildman–Crippen MR) is 76.1 cm³/mol. The molecule has 1 amide bonds. The van der Waals surface area contributed by atoms with Gasteiger partial charge in [0.05, 0.1) is 5.56 Å². The number of hydrogen-bond donors (Lipinski definition) is 1. The van der Waals surface area contributed by atoms with Crippen LogP contribution < -0.4 is 0 Å². The number of hydrogen-bond acceptors (Lipinski definition) is 3. The first-order valence-electron chi connectivity index (χ1n) is 7.57. The van der Waals surface area contributed by atoms with Crippen molar-refractivity contribution < 1.29 is 19.1 Å². The van der Waals surface area contributed by atoms with Gasteiger partial charge < -0.3 is 14.4 Å². The fraction of sp³-hybridized carbons (Fsp3) is 0.625. The van der Waals surface area contributed by atoms with E-state index in [1.54, 1.807) is 6.07 Å². The van der Waals surface area contributed by atoms with Gasteiger partial charge in [-0.05, 0) is 51.5 Å². The Labute approximate surface area is 123 Å². The van der Waals surface area contributed by atoms with E-state index in [1.165, 1.54) is 0 Å². The Morgan fingerprint density at radius 1 is 1.29 bits per heavy atom. The molecular weight excluding hydrogens is 270 g/mol. The van der Waals surface area contributed by atoms with Gasteiger partial charge in [0.2, 0.25) is 0 Å². The lowest BCUT2D eigenvalue weighted by Crippen LogP contribution is -2.46. The Hall–Kier alpha value is -1.78. The van der Waals surface area contributed by atoms with Crippen molar-refractivity contribution >= 4 is 11.9 Å². The van der Waals surface area contributed by atoms with Gasteiger partial charge in [0.25, 0.3) is 5.91 Å². The number of piperidine rings is 1. The number of rotatable bonds is 3. The smallest absolute Gasteiger partial charge is 0.303 e. The summed E-state index contributed by atoms with van der Waals surface area (Å²) in [6.07, 6.45) is 3.82. The Balaban J connectivity index is 1.77. The van der Waals surface area contributed by atoms with Crippen molar-refractivity contribution in [3.63, 3.8) is 0 Å². The average molecular weight is 291 g/mol. The van der Waals surface area contributed by atoms with E-state index >= 15 is 0 Å². The van der Waals surface area contributed by atoms with E-state index in [0.717, 1.165) is 31.4 Å². The molecule has 2 saturated heterocycles. The summed E-state index contributed by atoms with van der Waals surface area (Å²) in [5.41, 5.74) is 0.654. The maximum atomic E-state index is 12.8. The summed E-state index contributed by atoms with van der Waals surface area (Å²) in [7, 11) is 0. The number of carboxylic acids is 1. The maximum absolute atomic E-state index is 12.8. The van der Waals surface area contributed by atoms with Gasteiger partial charge in [-0.1, -0.05) is 0 Å². The Morgan fingerprint density at radius 2 is 1.90 bits per heavy atom. The predicted octanol–water partition coefficient (Wildman–Crippen LogP) is 2.75. The molecule has 1 N–H and O–H groups in total. The Bertz CT molecular complexity index is 563. The normalized spacial score (nSPS) is 27.9. The topological polar surface area (TPSA) is 70.8 Å². The molecular formula is C16H21NO4. The van der Waals surface area contributed by atoms with Gasteiger partial charge in [0.1, 0.15) is 11.5 Å². The van der Waals surface area contributed by atoms with Gasteiger partial charge in [-0.2, -0.15) is 0 Å². The second kappa shape index (κ2) is 5.20. The third-order valence-corrected chi connectivity index (χ3v) is 4.80. The number of carbonyl (C=O) groups excluding carboxylic acids is 1. The van der Waals surface area contributed by atoms with Crippen LogP contribution in [0.3, 0.4) is 0 Å². The molecule has 2 fully saturated rings. The highest BCUT2D eigenvalue weighted by atomic mass is 16.4. The summed E-state index contributed by atoms with van der Waals surface area (Å²) in [5, 5.41) is 8.96. The third-order valence-electron chi connectivity index (χ3n) is 4.80. The molecule has 0 saturated carbocycles. The van der Waals surface area contributed by atoms with Crippen LogP contribution in [0.2, 0.25) is 0 Å². The highest BCUT2D eigenvalue weighted by Crippen LogP contribution is 2.41. The molecule has 0 aromatic carbocycles. The van der Waals surface area contributed by atoms with Crippen molar-refractivity contribution in [1.29, 1.82) is 0 Å². The molecule has 2 bridgehead atoms. The zero-order valence-electron chi connectivity index (χ0n) is 12.5. The number of furan rings is 1. The number of amides is 1. The number of nitrogens with zero attached hydrogens (tertiary/aromatic N) is 1. The number of carbonyl (C=O) groups is 2. The van der Waals surface area contributed by atoms with Crippen LogP contribution >= 0.6 is 0 Å². The van der Waals surface area contributed by atoms with E-state index < -0.39 is 5.97 Å². The van der Waals surface area contributed by atoms with Crippen molar-refractivity contribution in [2.75, 3.05) is 0 Å². The molecule has 5 nitrogen and oxygen atoms in total. The third kappa shape index (κ3) is 2.57. The molecule has 2 aliphatic heterocycles. The minimum absolute atomic E-state index is 0.0469. The van der Waals surface area contributed by atoms with E-state index in [9.17, 15) is 9.59 Å². The van der Waals surface area contributed by atoms with Crippen LogP contribution in [0, 0.1) is 19.8 Å². The number of aliphatic carboxylic acids is 1. The zero-order valence-corrected chi connectivity index (χ0v) is 12.5. The lowest BCUT2D eigenvalue weighted by Gasteiger charge is -2.38. The average Bonchev–Trinajstić information content (AvgIpc) is 2.85. The SMILES string of the molecule is Cc1cc(C(=O)N2C3CCC2CC(CC(=O)O)C3)c(C)o1. The molecule has 0 spiro atoms. The highest BCUT2D eigenvalue weighted by molar-refractivity contribution is 5.96. The van der Waals surface area contributed by atoms with Crippen LogP contribution in [0.25, 0.3) is 0 Å². The first-order valence-corrected chi connectivity index (χ1v) is 7.57. The molecule has 1 aromatic heterocycles. The van der Waals surface area contributed by atoms with Crippen molar-refractivity contribution in [2.24, 2.45) is 5.92 Å². The Morgan fingerprint density at radius 3 is 2.38 bits per heavy atom. The number of fused-ring (bicyclic) bond motifs is 2. The van der Waals surface area contributed by atoms with Crippen molar-refractivity contribution in [2.45, 2.75) is 58.0 Å². The zero-order chi connectivity index (χ0) is 15.1. The number of carboxylic acid groups (broad SMARTS) is 1. The summed E-state index contributed by atoms with van der Waals surface area (Å²) >= 11 is 0. The van der Waals surface area contributed by atoms with Crippen LogP contribution in [-0.2, 0) is 4.79 Å². The van der Waals surface area contributed by atoms with Gasteiger partial charge in [-0.25, -0.2) is 0 Å². The minimum atomic E-state index is -0.736. The summed E-state index contributed by atoms with van der Waals surface area (Å²) in [6.45, 7) is 3.66. The van der Waals surface area contributed by atoms with Gasteiger partial charge in [-0.15, -0.1) is 0 Å². The molecule has 2 atom stereocenters. The van der Waals surface area contributed by atoms with Crippen molar-refractivity contribution in [3.8, 4) is 0 Å². The van der Waals surface area contributed by atoms with E-state index in [4.69, 9.17) is 9.52 Å². The quantitative estimate of drug-likeness (QED) is 0.929. The van der Waals surface area contributed by atoms with E-state index in [0.29, 0.717) is 11.3 Å². The van der Waals surface area contributed by atoms with Gasteiger partial charge in [0.15, 0.2) is 0 Å². The van der Waals surface area contributed by atoms with Gasteiger partial charge in [0, 0.05) is 18.5 Å². The molecule has 2 aliphatic rings. The highest BCUT2D eigenvalue weighted by Gasteiger charge is 2.44. The molecule has 0 radical (unpaired) electrons. The summed E-state index contributed by atoms with van der Waals surface area (Å²) in [6, 6.07) is 2.19. The molecule has 114 valence electrons. The van der Waals surface area contributed by atoms with Crippen LogP contribution in [0.15, 0.2) is 10.5 Å². The molecule has 3 rings (SSSR count). The van der Waals surface area contributed by atoms with E-state index in [1.807, 2.05) is 18.7 Å². The van der Waals surface area contributed by atoms with E-state index in [-0.39, 0.29) is 30.3 Å². The maximum Gasteiger partial charge on any atom is 0.303 e. The number of aryl methyl sites for hydroxylation is 2. The molecule has 5 heteroatoms. The minimum Gasteiger partial charge on any atom is -0.481 e. The fourth-order valence-corrected chi connectivity index (χ4v) is 4.02. The van der Waals surface area contributed by atoms with Crippen LogP contribution in [-0.4, -0.2) is 34.0 Å². The standard InChI is InChI=1S/C16H21NO4/c1-9-5-14(10(2)21-9)16(20)17-12-3-4-13(17)7-11(6-12)8-15(18)19/h5,11-13H,3-4,6-8H2,1-2H3,(H,18,19). The first-order chi connectivity index (χ1) is 9.95. The van der Waals surface area contributed by atoms with Crippen LogP contribution in [0.4, 0.5) is 0 Å². The summed E-state index contributed by atoms with van der Waals surface area (Å²) < 4.78 is 5.47. The Kier molecular flexibility index (Phi) is 3.51. The van der Waals surface area contributed by atoms with Crippen LogP contribution in [0.1, 0.15) is 54.0 Å². The van der Waals surface area contributed by atoms with Gasteiger partial charge in [-0.3, -0.25) is 9.59 Å². The summed E-state index contributed by atoms with van der Waals surface area (Å²) in [5.74, 6) is 0.941. The molecule has 21 heavy (non-hydrogen) atoms. The van der Waals surface area contributed by atoms with E-state index in [2.05, 4.69) is 0 Å². The lowest BCUT2D eigenvalue weighted by molar-refractivity contribution is -0.138. The molecule has 0 aliphatic carbocycles. The molecule has 1 aromatic rings. The first kappa shape index (κ1) is 14.2. The largest absolute Gasteiger partial charge is 0.481 e. The molecule has 3 heterocycles. The van der Waals surface area contributed by atoms with Crippen LogP contribution in [0.5, 0.6) is 0 Å².